The molecule has 1 aliphatic heterocycles. The van der Waals surface area contributed by atoms with Crippen LogP contribution in [0.4, 0.5) is 4.79 Å². The van der Waals surface area contributed by atoms with E-state index in [0.29, 0.717) is 24.5 Å². The minimum Gasteiger partial charge on any atom is -0.493 e. The maximum Gasteiger partial charge on any atom is 0.508 e. The van der Waals surface area contributed by atoms with Gasteiger partial charge in [-0.1, -0.05) is 69.5 Å². The number of carbonyl (C=O) groups excluding carboxylic acids is 2. The van der Waals surface area contributed by atoms with Gasteiger partial charge in [0.25, 0.3) is 0 Å². The monoisotopic (exact) mass is 548 g/mol. The Labute approximate surface area is 239 Å². The summed E-state index contributed by atoms with van der Waals surface area (Å²) in [6, 6.07) is 15.2. The van der Waals surface area contributed by atoms with Crippen LogP contribution in [0.5, 0.6) is 5.75 Å². The summed E-state index contributed by atoms with van der Waals surface area (Å²) in [5, 5.41) is 0. The second kappa shape index (κ2) is 14.9. The molecule has 40 heavy (non-hydrogen) atoms. The van der Waals surface area contributed by atoms with Crippen molar-refractivity contribution in [2.45, 2.75) is 77.6 Å². The van der Waals surface area contributed by atoms with Gasteiger partial charge < -0.3 is 18.9 Å². The normalized spacial score (nSPS) is 19.4. The summed E-state index contributed by atoms with van der Waals surface area (Å²) in [5.74, 6) is 1.86. The number of hydrogen-bond acceptors (Lipinski definition) is 6. The van der Waals surface area contributed by atoms with Crippen molar-refractivity contribution in [3.8, 4) is 16.9 Å². The van der Waals surface area contributed by atoms with E-state index in [1.165, 1.54) is 56.9 Å². The molecule has 216 valence electrons. The summed E-state index contributed by atoms with van der Waals surface area (Å²) in [7, 11) is 0. The highest BCUT2D eigenvalue weighted by Crippen LogP contribution is 2.38. The fourth-order valence-electron chi connectivity index (χ4n) is 5.65. The molecule has 0 unspecified atom stereocenters. The number of benzene rings is 2. The number of esters is 1. The molecule has 6 heteroatoms. The van der Waals surface area contributed by atoms with E-state index in [4.69, 9.17) is 18.9 Å². The summed E-state index contributed by atoms with van der Waals surface area (Å²) >= 11 is 0. The lowest BCUT2D eigenvalue weighted by atomic mass is 9.77. The zero-order valence-electron chi connectivity index (χ0n) is 24.1. The predicted molar refractivity (Wildman–Crippen MR) is 156 cm³/mol. The molecule has 1 aliphatic carbocycles. The number of hydrogen-bond donors (Lipinski definition) is 0. The highest BCUT2D eigenvalue weighted by Gasteiger charge is 2.23. The Hall–Kier alpha value is -3.28. The second-order valence-electron chi connectivity index (χ2n) is 11.4. The molecule has 2 fully saturated rings. The van der Waals surface area contributed by atoms with Crippen LogP contribution in [0.3, 0.4) is 0 Å². The highest BCUT2D eigenvalue weighted by atomic mass is 16.7. The first kappa shape index (κ1) is 29.7. The third kappa shape index (κ3) is 8.61. The molecule has 0 atom stereocenters. The van der Waals surface area contributed by atoms with E-state index >= 15 is 0 Å². The van der Waals surface area contributed by atoms with Gasteiger partial charge >= 0.3 is 12.1 Å². The van der Waals surface area contributed by atoms with Crippen LogP contribution < -0.4 is 4.74 Å². The van der Waals surface area contributed by atoms with Crippen LogP contribution in [0.2, 0.25) is 0 Å². The minimum absolute atomic E-state index is 0.0366. The molecule has 1 saturated carbocycles. The van der Waals surface area contributed by atoms with Crippen molar-refractivity contribution < 1.29 is 28.5 Å². The standard InChI is InChI=1S/C34H44O6/c1-4-5-6-7-25-8-10-27(11-9-25)28-12-14-29(15-13-28)30-16-17-32(38-21-26-22-39-34(36)40-23-26)31(20-30)18-19-37-33(35)24(2)3/h12-17,20,25-27H,2,4-11,18-19,21-23H2,1,3H3. The van der Waals surface area contributed by atoms with Crippen molar-refractivity contribution in [1.82, 2.24) is 0 Å². The van der Waals surface area contributed by atoms with Gasteiger partial charge in [-0.25, -0.2) is 9.59 Å². The quantitative estimate of drug-likeness (QED) is 0.143. The lowest BCUT2D eigenvalue weighted by molar-refractivity contribution is -0.138. The van der Waals surface area contributed by atoms with Gasteiger partial charge in [-0.2, -0.15) is 0 Å². The van der Waals surface area contributed by atoms with Crippen molar-refractivity contribution in [1.29, 1.82) is 0 Å². The Kier molecular flexibility index (Phi) is 11.1. The maximum atomic E-state index is 11.9. The Bertz CT molecular complexity index is 1120. The minimum atomic E-state index is -0.637. The Morgan fingerprint density at radius 2 is 1.65 bits per heavy atom. The molecule has 0 N–H and O–H groups in total. The Morgan fingerprint density at radius 3 is 2.33 bits per heavy atom. The SMILES string of the molecule is C=C(C)C(=O)OCCc1cc(-c2ccc(C3CCC(CCCCC)CC3)cc2)ccc1OCC1COC(=O)OC1. The Balaban J connectivity index is 1.40. The third-order valence-corrected chi connectivity index (χ3v) is 8.14. The van der Waals surface area contributed by atoms with E-state index in [1.807, 2.05) is 6.07 Å². The van der Waals surface area contributed by atoms with Crippen molar-refractivity contribution in [2.75, 3.05) is 26.4 Å². The number of carbonyl (C=O) groups is 2. The zero-order chi connectivity index (χ0) is 28.3. The van der Waals surface area contributed by atoms with Crippen molar-refractivity contribution in [2.24, 2.45) is 11.8 Å². The molecule has 0 amide bonds. The van der Waals surface area contributed by atoms with E-state index in [-0.39, 0.29) is 25.7 Å². The van der Waals surface area contributed by atoms with E-state index in [2.05, 4.69) is 49.9 Å². The van der Waals surface area contributed by atoms with Crippen LogP contribution in [-0.4, -0.2) is 38.6 Å². The van der Waals surface area contributed by atoms with Gasteiger partial charge in [-0.15, -0.1) is 0 Å². The fourth-order valence-corrected chi connectivity index (χ4v) is 5.65. The van der Waals surface area contributed by atoms with Gasteiger partial charge in [0.2, 0.25) is 0 Å². The first-order chi connectivity index (χ1) is 19.4. The molecule has 0 aromatic heterocycles. The van der Waals surface area contributed by atoms with Gasteiger partial charge in [0.15, 0.2) is 0 Å². The maximum absolute atomic E-state index is 11.9. The smallest absolute Gasteiger partial charge is 0.493 e. The largest absolute Gasteiger partial charge is 0.508 e. The average Bonchev–Trinajstić information content (AvgIpc) is 2.98. The lowest BCUT2D eigenvalue weighted by Crippen LogP contribution is -2.31. The second-order valence-corrected chi connectivity index (χ2v) is 11.4. The van der Waals surface area contributed by atoms with Crippen LogP contribution in [0, 0.1) is 11.8 Å². The fraction of sp³-hybridized carbons (Fsp3) is 0.529. The third-order valence-electron chi connectivity index (χ3n) is 8.14. The van der Waals surface area contributed by atoms with E-state index in [1.54, 1.807) is 6.92 Å². The number of cyclic esters (lactones) is 2. The van der Waals surface area contributed by atoms with Gasteiger partial charge in [-0.05, 0) is 78.8 Å². The predicted octanol–water partition coefficient (Wildman–Crippen LogP) is 8.03. The molecule has 0 bridgehead atoms. The van der Waals surface area contributed by atoms with Crippen molar-refractivity contribution in [3.63, 3.8) is 0 Å². The van der Waals surface area contributed by atoms with Crippen LogP contribution in [-0.2, 0) is 25.4 Å². The molecule has 2 aromatic rings. The first-order valence-electron chi connectivity index (χ1n) is 14.9. The molecule has 0 spiro atoms. The molecular formula is C34H44O6. The summed E-state index contributed by atoms with van der Waals surface area (Å²) in [6.45, 7) is 8.71. The molecule has 1 heterocycles. The molecule has 0 radical (unpaired) electrons. The molecule has 2 aromatic carbocycles. The molecule has 4 rings (SSSR count). The first-order valence-corrected chi connectivity index (χ1v) is 14.9. The molecule has 1 saturated heterocycles. The highest BCUT2D eigenvalue weighted by molar-refractivity contribution is 5.86. The van der Waals surface area contributed by atoms with E-state index in [9.17, 15) is 9.59 Å². The van der Waals surface area contributed by atoms with Crippen LogP contribution in [0.1, 0.15) is 82.3 Å². The number of rotatable bonds is 13. The molecule has 6 nitrogen and oxygen atoms in total. The van der Waals surface area contributed by atoms with Gasteiger partial charge in [-0.3, -0.25) is 0 Å². The van der Waals surface area contributed by atoms with Crippen LogP contribution in [0.15, 0.2) is 54.6 Å². The summed E-state index contributed by atoms with van der Waals surface area (Å²) in [6.07, 6.45) is 10.6. The molecular weight excluding hydrogens is 504 g/mol. The van der Waals surface area contributed by atoms with E-state index < -0.39 is 12.1 Å². The summed E-state index contributed by atoms with van der Waals surface area (Å²) in [4.78, 5) is 23.1. The van der Waals surface area contributed by atoms with Gasteiger partial charge in [0.05, 0.1) is 19.1 Å². The van der Waals surface area contributed by atoms with E-state index in [0.717, 1.165) is 28.4 Å². The number of unbranched alkanes of at least 4 members (excludes halogenated alkanes) is 2. The van der Waals surface area contributed by atoms with Crippen molar-refractivity contribution in [3.05, 3.63) is 65.7 Å². The van der Waals surface area contributed by atoms with Crippen LogP contribution >= 0.6 is 0 Å². The number of ether oxygens (including phenoxy) is 4. The van der Waals surface area contributed by atoms with Crippen molar-refractivity contribution >= 4 is 12.1 Å². The summed E-state index contributed by atoms with van der Waals surface area (Å²) < 4.78 is 21.4. The zero-order valence-corrected chi connectivity index (χ0v) is 24.1. The van der Waals surface area contributed by atoms with Gasteiger partial charge in [0.1, 0.15) is 19.0 Å². The Morgan fingerprint density at radius 1 is 0.950 bits per heavy atom. The summed E-state index contributed by atoms with van der Waals surface area (Å²) in [5.41, 5.74) is 5.01. The van der Waals surface area contributed by atoms with Gasteiger partial charge in [0, 0.05) is 12.0 Å². The average molecular weight is 549 g/mol. The lowest BCUT2D eigenvalue weighted by Gasteiger charge is -2.29. The molecule has 2 aliphatic rings. The topological polar surface area (TPSA) is 71.1 Å². The van der Waals surface area contributed by atoms with Crippen LogP contribution in [0.25, 0.3) is 11.1 Å².